The van der Waals surface area contributed by atoms with E-state index in [0.29, 0.717) is 36.9 Å². The number of pyridine rings is 1. The Morgan fingerprint density at radius 3 is 2.68 bits per heavy atom. The molecule has 0 saturated heterocycles. The van der Waals surface area contributed by atoms with Crippen molar-refractivity contribution in [2.75, 3.05) is 19.4 Å². The van der Waals surface area contributed by atoms with Gasteiger partial charge in [-0.15, -0.1) is 0 Å². The molecule has 6 nitrogen and oxygen atoms in total. The van der Waals surface area contributed by atoms with Crippen molar-refractivity contribution in [1.82, 2.24) is 10.3 Å². The first kappa shape index (κ1) is 25.0. The minimum Gasteiger partial charge on any atom is -0.393 e. The number of amides is 1. The molecule has 1 heterocycles. The fraction of sp³-hybridized carbons (Fsp3) is 0.630. The van der Waals surface area contributed by atoms with Gasteiger partial charge in [0.15, 0.2) is 5.67 Å². The molecule has 0 spiro atoms. The summed E-state index contributed by atoms with van der Waals surface area (Å²) in [5, 5.41) is 27.7. The summed E-state index contributed by atoms with van der Waals surface area (Å²) in [5.74, 6) is -0.313. The number of aliphatic hydroxyl groups excluding tert-OH is 1. The highest BCUT2D eigenvalue weighted by molar-refractivity contribution is 6.05. The standard InChI is InChI=1S/C25H31FN2O3.C2H7N/c1-23-10-11-24(26)14-17-13-19(29)5-4-16(17)8-9-25(24,31)21(23)7-6-20(23)22(30)28-18-3-2-12-27-15-18;1-3-2/h2-3,6,12,14-16,19,21,29,31H,4-5,7-11,13H2,1H3,(H,28,30);3H,1-2H3/t16?,19?,21?,23?,24?,25-;/m0./s1. The molecule has 1 amide bonds. The number of nitrogens with one attached hydrogen (secondary N) is 2. The number of nitrogens with zero attached hydrogens (tertiary/aromatic N) is 1. The maximum atomic E-state index is 16.5. The number of fused-ring (bicyclic) bond motifs is 4. The molecule has 2 fully saturated rings. The van der Waals surface area contributed by atoms with Gasteiger partial charge in [0.25, 0.3) is 5.91 Å². The quantitative estimate of drug-likeness (QED) is 0.491. The average Bonchev–Trinajstić information content (AvgIpc) is 3.11. The summed E-state index contributed by atoms with van der Waals surface area (Å²) in [5.41, 5.74) is -1.67. The van der Waals surface area contributed by atoms with Crippen LogP contribution < -0.4 is 10.6 Å². The molecule has 5 rings (SSSR count). The minimum absolute atomic E-state index is 0.181. The fourth-order valence-electron chi connectivity index (χ4n) is 6.78. The summed E-state index contributed by atoms with van der Waals surface area (Å²) in [6.45, 7) is 2.01. The molecular weight excluding hydrogens is 433 g/mol. The van der Waals surface area contributed by atoms with E-state index >= 15 is 4.39 Å². The van der Waals surface area contributed by atoms with Gasteiger partial charge in [-0.3, -0.25) is 9.78 Å². The SMILES string of the molecule is CC12CCC3(F)C=C4CC(O)CCC4CC[C@]3(O)C1CC=C2C(=O)Nc1cccnc1.CNC. The van der Waals surface area contributed by atoms with Crippen molar-refractivity contribution in [2.24, 2.45) is 17.3 Å². The van der Waals surface area contributed by atoms with Crippen molar-refractivity contribution in [3.05, 3.63) is 47.8 Å². The number of alkyl halides is 1. The molecule has 4 aliphatic rings. The average molecular weight is 472 g/mol. The number of rotatable bonds is 2. The van der Waals surface area contributed by atoms with E-state index in [-0.39, 0.29) is 24.2 Å². The number of allylic oxidation sites excluding steroid dienone is 1. The summed E-state index contributed by atoms with van der Waals surface area (Å²) < 4.78 is 16.5. The Morgan fingerprint density at radius 1 is 1.21 bits per heavy atom. The monoisotopic (exact) mass is 471 g/mol. The van der Waals surface area contributed by atoms with Gasteiger partial charge in [0.2, 0.25) is 0 Å². The number of halogens is 1. The molecule has 5 unspecified atom stereocenters. The summed E-state index contributed by atoms with van der Waals surface area (Å²) in [6.07, 6.45) is 10.8. The Kier molecular flexibility index (Phi) is 7.00. The number of anilines is 1. The molecule has 34 heavy (non-hydrogen) atoms. The van der Waals surface area contributed by atoms with Gasteiger partial charge in [-0.05, 0) is 89.6 Å². The normalized spacial score (nSPS) is 38.6. The van der Waals surface area contributed by atoms with Crippen molar-refractivity contribution >= 4 is 11.6 Å². The number of hydrogen-bond acceptors (Lipinski definition) is 5. The Bertz CT molecular complexity index is 967. The van der Waals surface area contributed by atoms with Gasteiger partial charge in [-0.2, -0.15) is 0 Å². The fourth-order valence-corrected chi connectivity index (χ4v) is 6.78. The van der Waals surface area contributed by atoms with E-state index in [1.54, 1.807) is 30.6 Å². The zero-order valence-corrected chi connectivity index (χ0v) is 20.5. The molecule has 186 valence electrons. The van der Waals surface area contributed by atoms with Crippen LogP contribution in [0.4, 0.5) is 10.1 Å². The van der Waals surface area contributed by atoms with Crippen LogP contribution in [0.1, 0.15) is 58.3 Å². The Hall–Kier alpha value is -2.09. The van der Waals surface area contributed by atoms with Crippen LogP contribution in [0.5, 0.6) is 0 Å². The van der Waals surface area contributed by atoms with Crippen LogP contribution in [0.3, 0.4) is 0 Å². The number of hydrogen-bond donors (Lipinski definition) is 4. The second-order valence-corrected chi connectivity index (χ2v) is 10.7. The third-order valence-corrected chi connectivity index (χ3v) is 8.54. The third-order valence-electron chi connectivity index (χ3n) is 8.54. The second-order valence-electron chi connectivity index (χ2n) is 10.7. The number of aromatic nitrogens is 1. The van der Waals surface area contributed by atoms with Crippen LogP contribution in [0, 0.1) is 17.3 Å². The largest absolute Gasteiger partial charge is 0.393 e. The van der Waals surface area contributed by atoms with E-state index in [9.17, 15) is 15.0 Å². The predicted molar refractivity (Wildman–Crippen MR) is 131 cm³/mol. The van der Waals surface area contributed by atoms with Gasteiger partial charge < -0.3 is 20.8 Å². The molecule has 0 radical (unpaired) electrons. The van der Waals surface area contributed by atoms with E-state index in [2.05, 4.69) is 15.6 Å². The molecule has 1 aromatic heterocycles. The number of carbonyl (C=O) groups is 1. The lowest BCUT2D eigenvalue weighted by Gasteiger charge is -2.55. The molecular formula is C27H38FN3O3. The number of aliphatic hydroxyl groups is 2. The van der Waals surface area contributed by atoms with E-state index in [1.807, 2.05) is 27.1 Å². The molecule has 2 saturated carbocycles. The Labute approximate surface area is 201 Å². The molecule has 6 atom stereocenters. The van der Waals surface area contributed by atoms with Gasteiger partial charge in [0.05, 0.1) is 18.0 Å². The summed E-state index contributed by atoms with van der Waals surface area (Å²) in [4.78, 5) is 17.1. The zero-order chi connectivity index (χ0) is 24.6. The zero-order valence-electron chi connectivity index (χ0n) is 20.5. The lowest BCUT2D eigenvalue weighted by atomic mass is 9.54. The minimum atomic E-state index is -1.82. The highest BCUT2D eigenvalue weighted by Crippen LogP contribution is 2.63. The molecule has 1 aromatic rings. The van der Waals surface area contributed by atoms with Crippen LogP contribution in [0.25, 0.3) is 0 Å². The van der Waals surface area contributed by atoms with Gasteiger partial charge in [0.1, 0.15) is 5.60 Å². The lowest BCUT2D eigenvalue weighted by molar-refractivity contribution is -0.176. The highest BCUT2D eigenvalue weighted by Gasteiger charge is 2.66. The maximum absolute atomic E-state index is 16.5. The van der Waals surface area contributed by atoms with Crippen LogP contribution in [0.15, 0.2) is 47.8 Å². The summed E-state index contributed by atoms with van der Waals surface area (Å²) >= 11 is 0. The maximum Gasteiger partial charge on any atom is 0.251 e. The first-order valence-electron chi connectivity index (χ1n) is 12.5. The topological polar surface area (TPSA) is 94.5 Å². The van der Waals surface area contributed by atoms with E-state index in [4.69, 9.17) is 0 Å². The Morgan fingerprint density at radius 2 is 1.97 bits per heavy atom. The van der Waals surface area contributed by atoms with Crippen LogP contribution >= 0.6 is 0 Å². The summed E-state index contributed by atoms with van der Waals surface area (Å²) in [7, 11) is 3.75. The molecule has 4 aliphatic carbocycles. The van der Waals surface area contributed by atoms with E-state index in [0.717, 1.165) is 24.8 Å². The van der Waals surface area contributed by atoms with E-state index < -0.39 is 22.8 Å². The first-order chi connectivity index (χ1) is 16.2. The smallest absolute Gasteiger partial charge is 0.251 e. The second kappa shape index (κ2) is 9.51. The van der Waals surface area contributed by atoms with Crippen LogP contribution in [0.2, 0.25) is 0 Å². The molecule has 0 aromatic carbocycles. The van der Waals surface area contributed by atoms with Crippen LogP contribution in [-0.2, 0) is 4.79 Å². The summed E-state index contributed by atoms with van der Waals surface area (Å²) in [6, 6.07) is 3.55. The first-order valence-corrected chi connectivity index (χ1v) is 12.5. The van der Waals surface area contributed by atoms with Gasteiger partial charge in [-0.25, -0.2) is 4.39 Å². The van der Waals surface area contributed by atoms with Crippen molar-refractivity contribution in [1.29, 1.82) is 0 Å². The van der Waals surface area contributed by atoms with Crippen LogP contribution in [-0.4, -0.2) is 52.6 Å². The van der Waals surface area contributed by atoms with Gasteiger partial charge in [0, 0.05) is 23.1 Å². The van der Waals surface area contributed by atoms with Crippen molar-refractivity contribution in [3.8, 4) is 0 Å². The van der Waals surface area contributed by atoms with Gasteiger partial charge in [-0.1, -0.05) is 18.6 Å². The van der Waals surface area contributed by atoms with E-state index in [1.165, 1.54) is 0 Å². The van der Waals surface area contributed by atoms with Crippen molar-refractivity contribution < 1.29 is 19.4 Å². The third kappa shape index (κ3) is 4.23. The van der Waals surface area contributed by atoms with Gasteiger partial charge >= 0.3 is 0 Å². The predicted octanol–water partition coefficient (Wildman–Crippen LogP) is 3.92. The lowest BCUT2D eigenvalue weighted by Crippen LogP contribution is -2.62. The molecule has 0 aliphatic heterocycles. The number of carbonyl (C=O) groups excluding carboxylic acids is 1. The highest BCUT2D eigenvalue weighted by atomic mass is 19.1. The van der Waals surface area contributed by atoms with Crippen molar-refractivity contribution in [3.63, 3.8) is 0 Å². The molecule has 4 N–H and O–H groups in total. The molecule has 0 bridgehead atoms. The Balaban J connectivity index is 0.000000868. The van der Waals surface area contributed by atoms with Crippen molar-refractivity contribution in [2.45, 2.75) is 75.7 Å². The molecule has 7 heteroatoms.